The summed E-state index contributed by atoms with van der Waals surface area (Å²) >= 11 is 0. The van der Waals surface area contributed by atoms with Gasteiger partial charge in [-0.3, -0.25) is 14.3 Å². The van der Waals surface area contributed by atoms with E-state index in [0.717, 1.165) is 51.6 Å². The molecule has 1 aliphatic heterocycles. The summed E-state index contributed by atoms with van der Waals surface area (Å²) in [5, 5.41) is 7.13. The molecule has 1 aromatic rings. The van der Waals surface area contributed by atoms with Gasteiger partial charge in [-0.1, -0.05) is 6.42 Å². The SMILES string of the molecule is Cn1nccc1C(=O)N1CCCCCNC(=O)[C@@H]2CCC[C@@H]21. The number of carbonyl (C=O) groups excluding carboxylic acids is 2. The van der Waals surface area contributed by atoms with Crippen LogP contribution in [0.4, 0.5) is 0 Å². The lowest BCUT2D eigenvalue weighted by atomic mass is 9.99. The Morgan fingerprint density at radius 2 is 2.14 bits per heavy atom. The number of hydrogen-bond acceptors (Lipinski definition) is 3. The van der Waals surface area contributed by atoms with Gasteiger partial charge >= 0.3 is 0 Å². The standard InChI is InChI=1S/C16H24N4O2/c1-19-14(8-10-18-19)16(22)20-11-4-2-3-9-17-15(21)12-6-5-7-13(12)20/h8,10,12-13H,2-7,9,11H2,1H3,(H,17,21)/t12-,13+/m1/s1. The molecule has 1 N–H and O–H groups in total. The van der Waals surface area contributed by atoms with Crippen molar-refractivity contribution in [3.8, 4) is 0 Å². The predicted molar refractivity (Wildman–Crippen MR) is 82.2 cm³/mol. The van der Waals surface area contributed by atoms with E-state index in [4.69, 9.17) is 0 Å². The molecular weight excluding hydrogens is 280 g/mol. The van der Waals surface area contributed by atoms with Crippen molar-refractivity contribution in [2.24, 2.45) is 13.0 Å². The summed E-state index contributed by atoms with van der Waals surface area (Å²) in [5.74, 6) is 0.0627. The molecule has 0 radical (unpaired) electrons. The molecule has 0 bridgehead atoms. The largest absolute Gasteiger partial charge is 0.356 e. The van der Waals surface area contributed by atoms with Crippen molar-refractivity contribution in [1.82, 2.24) is 20.0 Å². The molecule has 0 unspecified atom stereocenters. The van der Waals surface area contributed by atoms with Crippen LogP contribution in [0, 0.1) is 5.92 Å². The quantitative estimate of drug-likeness (QED) is 0.851. The Kier molecular flexibility index (Phi) is 4.45. The molecule has 6 nitrogen and oxygen atoms in total. The summed E-state index contributed by atoms with van der Waals surface area (Å²) in [6.07, 6.45) is 7.46. The molecule has 2 fully saturated rings. The molecule has 2 atom stereocenters. The van der Waals surface area contributed by atoms with Gasteiger partial charge in [0.15, 0.2) is 0 Å². The van der Waals surface area contributed by atoms with E-state index in [1.54, 1.807) is 24.0 Å². The maximum Gasteiger partial charge on any atom is 0.272 e. The molecule has 3 rings (SSSR count). The average molecular weight is 304 g/mol. The average Bonchev–Trinajstić information content (AvgIpc) is 3.14. The number of amides is 2. The molecule has 6 heteroatoms. The van der Waals surface area contributed by atoms with E-state index in [2.05, 4.69) is 10.4 Å². The second kappa shape index (κ2) is 6.50. The van der Waals surface area contributed by atoms with Gasteiger partial charge in [-0.05, 0) is 38.2 Å². The van der Waals surface area contributed by atoms with Crippen LogP contribution in [0.1, 0.15) is 49.0 Å². The topological polar surface area (TPSA) is 67.2 Å². The lowest BCUT2D eigenvalue weighted by Gasteiger charge is -2.33. The number of carbonyl (C=O) groups is 2. The number of nitrogens with zero attached hydrogens (tertiary/aromatic N) is 3. The Labute approximate surface area is 130 Å². The lowest BCUT2D eigenvalue weighted by molar-refractivity contribution is -0.126. The van der Waals surface area contributed by atoms with E-state index in [9.17, 15) is 9.59 Å². The fourth-order valence-electron chi connectivity index (χ4n) is 3.69. The van der Waals surface area contributed by atoms with E-state index in [1.807, 2.05) is 4.90 Å². The van der Waals surface area contributed by atoms with Crippen molar-refractivity contribution >= 4 is 11.8 Å². The second-order valence-electron chi connectivity index (χ2n) is 6.30. The highest BCUT2D eigenvalue weighted by molar-refractivity contribution is 5.93. The van der Waals surface area contributed by atoms with Gasteiger partial charge in [-0.15, -0.1) is 0 Å². The first-order valence-corrected chi connectivity index (χ1v) is 8.25. The van der Waals surface area contributed by atoms with E-state index < -0.39 is 0 Å². The highest BCUT2D eigenvalue weighted by Gasteiger charge is 2.39. The van der Waals surface area contributed by atoms with Crippen LogP contribution in [-0.4, -0.2) is 45.6 Å². The van der Waals surface area contributed by atoms with E-state index in [-0.39, 0.29) is 23.8 Å². The molecule has 1 aliphatic carbocycles. The maximum absolute atomic E-state index is 12.9. The van der Waals surface area contributed by atoms with Crippen molar-refractivity contribution in [3.05, 3.63) is 18.0 Å². The summed E-state index contributed by atoms with van der Waals surface area (Å²) in [6.45, 7) is 1.50. The summed E-state index contributed by atoms with van der Waals surface area (Å²) < 4.78 is 1.62. The Hall–Kier alpha value is -1.85. The zero-order chi connectivity index (χ0) is 15.5. The summed E-state index contributed by atoms with van der Waals surface area (Å²) in [7, 11) is 1.79. The van der Waals surface area contributed by atoms with E-state index in [1.165, 1.54) is 0 Å². The number of aromatic nitrogens is 2. The Morgan fingerprint density at radius 1 is 1.27 bits per heavy atom. The van der Waals surface area contributed by atoms with Crippen molar-refractivity contribution in [2.45, 2.75) is 44.6 Å². The number of hydrogen-bond donors (Lipinski definition) is 1. The van der Waals surface area contributed by atoms with Crippen LogP contribution in [0.15, 0.2) is 12.3 Å². The van der Waals surface area contributed by atoms with Gasteiger partial charge in [0.05, 0.1) is 5.92 Å². The lowest BCUT2D eigenvalue weighted by Crippen LogP contribution is -2.48. The van der Waals surface area contributed by atoms with Crippen LogP contribution >= 0.6 is 0 Å². The minimum Gasteiger partial charge on any atom is -0.356 e. The molecule has 2 heterocycles. The first-order valence-electron chi connectivity index (χ1n) is 8.25. The smallest absolute Gasteiger partial charge is 0.272 e. The van der Waals surface area contributed by atoms with Crippen LogP contribution in [0.2, 0.25) is 0 Å². The van der Waals surface area contributed by atoms with Gasteiger partial charge in [0.25, 0.3) is 5.91 Å². The number of rotatable bonds is 1. The highest BCUT2D eigenvalue weighted by atomic mass is 16.2. The molecule has 1 saturated heterocycles. The summed E-state index contributed by atoms with van der Waals surface area (Å²) in [6, 6.07) is 1.78. The van der Waals surface area contributed by atoms with Crippen molar-refractivity contribution in [3.63, 3.8) is 0 Å². The van der Waals surface area contributed by atoms with Crippen LogP contribution in [-0.2, 0) is 11.8 Å². The molecule has 120 valence electrons. The second-order valence-corrected chi connectivity index (χ2v) is 6.30. The van der Waals surface area contributed by atoms with E-state index in [0.29, 0.717) is 5.69 Å². The number of aryl methyl sites for hydroxylation is 1. The molecule has 1 saturated carbocycles. The fourth-order valence-corrected chi connectivity index (χ4v) is 3.69. The third-order valence-corrected chi connectivity index (χ3v) is 4.89. The van der Waals surface area contributed by atoms with Crippen molar-refractivity contribution in [1.29, 1.82) is 0 Å². The van der Waals surface area contributed by atoms with Crippen molar-refractivity contribution in [2.75, 3.05) is 13.1 Å². The summed E-state index contributed by atoms with van der Waals surface area (Å²) in [5.41, 5.74) is 0.600. The van der Waals surface area contributed by atoms with Crippen LogP contribution in [0.25, 0.3) is 0 Å². The Morgan fingerprint density at radius 3 is 2.91 bits per heavy atom. The predicted octanol–water partition coefficient (Wildman–Crippen LogP) is 1.33. The van der Waals surface area contributed by atoms with Gasteiger partial charge < -0.3 is 10.2 Å². The normalized spacial score (nSPS) is 26.4. The fraction of sp³-hybridized carbons (Fsp3) is 0.688. The first-order chi connectivity index (χ1) is 10.7. The molecular formula is C16H24N4O2. The molecule has 0 spiro atoms. The zero-order valence-electron chi connectivity index (χ0n) is 13.1. The summed E-state index contributed by atoms with van der Waals surface area (Å²) in [4.78, 5) is 27.2. The zero-order valence-corrected chi connectivity index (χ0v) is 13.1. The van der Waals surface area contributed by atoms with Gasteiger partial charge in [0, 0.05) is 32.4 Å². The van der Waals surface area contributed by atoms with Crippen LogP contribution in [0.3, 0.4) is 0 Å². The third-order valence-electron chi connectivity index (χ3n) is 4.89. The van der Waals surface area contributed by atoms with Crippen molar-refractivity contribution < 1.29 is 9.59 Å². The highest BCUT2D eigenvalue weighted by Crippen LogP contribution is 2.32. The Bertz CT molecular complexity index is 554. The van der Waals surface area contributed by atoms with Gasteiger partial charge in [0.2, 0.25) is 5.91 Å². The van der Waals surface area contributed by atoms with Crippen LogP contribution in [0.5, 0.6) is 0 Å². The monoisotopic (exact) mass is 304 g/mol. The van der Waals surface area contributed by atoms with Gasteiger partial charge in [-0.2, -0.15) is 5.10 Å². The maximum atomic E-state index is 12.9. The number of nitrogens with one attached hydrogen (secondary N) is 1. The molecule has 0 aromatic carbocycles. The minimum absolute atomic E-state index is 0.00488. The molecule has 1 aromatic heterocycles. The molecule has 22 heavy (non-hydrogen) atoms. The first kappa shape index (κ1) is 15.1. The van der Waals surface area contributed by atoms with Crippen LogP contribution < -0.4 is 5.32 Å². The third kappa shape index (κ3) is 2.87. The number of fused-ring (bicyclic) bond motifs is 1. The van der Waals surface area contributed by atoms with E-state index >= 15 is 0 Å². The Balaban J connectivity index is 1.86. The molecule has 2 amide bonds. The van der Waals surface area contributed by atoms with Gasteiger partial charge in [0.1, 0.15) is 5.69 Å². The minimum atomic E-state index is -0.0599. The van der Waals surface area contributed by atoms with Gasteiger partial charge in [-0.25, -0.2) is 0 Å². The molecule has 2 aliphatic rings.